The van der Waals surface area contributed by atoms with Crippen molar-refractivity contribution in [1.82, 2.24) is 5.06 Å². The van der Waals surface area contributed by atoms with Crippen LogP contribution in [0.25, 0.3) is 0 Å². The van der Waals surface area contributed by atoms with E-state index in [0.29, 0.717) is 12.0 Å². The first-order valence-corrected chi connectivity index (χ1v) is 14.9. The molecule has 1 aliphatic heterocycles. The van der Waals surface area contributed by atoms with Crippen molar-refractivity contribution in [1.29, 1.82) is 0 Å². The number of rotatable bonds is 19. The average Bonchev–Trinajstić information content (AvgIpc) is 2.81. The van der Waals surface area contributed by atoms with Crippen molar-refractivity contribution in [2.24, 2.45) is 5.92 Å². The zero-order valence-electron chi connectivity index (χ0n) is 23.8. The molecule has 0 bridgehead atoms. The maximum atomic E-state index is 11.0. The third-order valence-electron chi connectivity index (χ3n) is 9.02. The number of hydrogen-bond acceptors (Lipinski definition) is 3. The van der Waals surface area contributed by atoms with Gasteiger partial charge < -0.3 is 9.94 Å². The molecule has 1 aliphatic rings. The Bertz CT molecular complexity index is 484. The van der Waals surface area contributed by atoms with E-state index in [0.717, 1.165) is 25.7 Å². The molecule has 3 nitrogen and oxygen atoms in total. The molecule has 0 saturated carbocycles. The normalized spacial score (nSPS) is 29.5. The fourth-order valence-electron chi connectivity index (χ4n) is 5.83. The van der Waals surface area contributed by atoms with Crippen LogP contribution in [0, 0.1) is 5.92 Å². The summed E-state index contributed by atoms with van der Waals surface area (Å²) >= 11 is 0. The molecule has 0 aromatic rings. The maximum absolute atomic E-state index is 11.0. The van der Waals surface area contributed by atoms with Crippen LogP contribution in [0.3, 0.4) is 0 Å². The zero-order valence-corrected chi connectivity index (χ0v) is 23.8. The second kappa shape index (κ2) is 16.5. The van der Waals surface area contributed by atoms with Gasteiger partial charge in [-0.2, -0.15) is 5.06 Å². The molecular weight excluding hydrogens is 406 g/mol. The summed E-state index contributed by atoms with van der Waals surface area (Å²) in [6.45, 7) is 15.6. The smallest absolute Gasteiger partial charge is 0.0641 e. The molecule has 1 saturated heterocycles. The van der Waals surface area contributed by atoms with E-state index < -0.39 is 0 Å². The number of hydroxylamine groups is 2. The molecule has 198 valence electrons. The van der Waals surface area contributed by atoms with Gasteiger partial charge in [-0.3, -0.25) is 0 Å². The number of nitrogens with zero attached hydrogens (tertiary/aromatic N) is 1. The van der Waals surface area contributed by atoms with E-state index in [9.17, 15) is 5.21 Å². The third-order valence-corrected chi connectivity index (χ3v) is 9.02. The Morgan fingerprint density at radius 1 is 0.788 bits per heavy atom. The van der Waals surface area contributed by atoms with Gasteiger partial charge in [0.25, 0.3) is 0 Å². The first-order chi connectivity index (χ1) is 15.7. The van der Waals surface area contributed by atoms with Crippen LogP contribution in [0.15, 0.2) is 0 Å². The summed E-state index contributed by atoms with van der Waals surface area (Å²) in [4.78, 5) is 0. The molecule has 3 heteroatoms. The van der Waals surface area contributed by atoms with Crippen LogP contribution in [-0.4, -0.2) is 33.6 Å². The number of unbranched alkanes of at least 4 members (excludes halogenated alkanes) is 13. The monoisotopic (exact) mass is 467 g/mol. The maximum Gasteiger partial charge on any atom is 0.0641 e. The topological polar surface area (TPSA) is 32.7 Å². The Morgan fingerprint density at radius 3 is 1.67 bits per heavy atom. The van der Waals surface area contributed by atoms with E-state index in [-0.39, 0.29) is 17.2 Å². The molecule has 5 atom stereocenters. The van der Waals surface area contributed by atoms with E-state index in [1.54, 1.807) is 5.06 Å². The van der Waals surface area contributed by atoms with Gasteiger partial charge in [0, 0.05) is 17.0 Å². The van der Waals surface area contributed by atoms with Crippen LogP contribution in [0.2, 0.25) is 0 Å². The number of ether oxygens (including phenoxy) is 1. The molecule has 1 rings (SSSR count). The van der Waals surface area contributed by atoms with E-state index in [1.807, 2.05) is 0 Å². The van der Waals surface area contributed by atoms with E-state index >= 15 is 0 Å². The molecule has 0 spiro atoms. The summed E-state index contributed by atoms with van der Waals surface area (Å²) in [6.07, 6.45) is 24.2. The van der Waals surface area contributed by atoms with Gasteiger partial charge in [0.05, 0.1) is 12.2 Å². The lowest BCUT2D eigenvalue weighted by atomic mass is 9.69. The molecule has 0 aromatic carbocycles. The fraction of sp³-hybridized carbons (Fsp3) is 1.00. The van der Waals surface area contributed by atoms with E-state index in [2.05, 4.69) is 48.5 Å². The standard InChI is InChI=1S/C30H61NO2/c1-8-11-12-13-14-15-16-17-18-19-20-21-22-23-24-26(4)33-28-25-29(6,9-2)31(32)30(7,10-3)27(28)5/h26-28,32H,8-25H2,1-7H3. The number of hydrogen-bond donors (Lipinski definition) is 1. The summed E-state index contributed by atoms with van der Waals surface area (Å²) in [6, 6.07) is 0. The quantitative estimate of drug-likeness (QED) is 0.192. The van der Waals surface area contributed by atoms with Gasteiger partial charge in [0.15, 0.2) is 0 Å². The Hall–Kier alpha value is -0.120. The van der Waals surface area contributed by atoms with Gasteiger partial charge in [-0.25, -0.2) is 0 Å². The predicted octanol–water partition coefficient (Wildman–Crippen LogP) is 9.70. The van der Waals surface area contributed by atoms with Gasteiger partial charge in [0.1, 0.15) is 0 Å². The first-order valence-electron chi connectivity index (χ1n) is 14.9. The van der Waals surface area contributed by atoms with Gasteiger partial charge in [-0.1, -0.05) is 118 Å². The summed E-state index contributed by atoms with van der Waals surface area (Å²) < 4.78 is 6.62. The van der Waals surface area contributed by atoms with Crippen molar-refractivity contribution >= 4 is 0 Å². The summed E-state index contributed by atoms with van der Waals surface area (Å²) in [7, 11) is 0. The largest absolute Gasteiger partial charge is 0.375 e. The third kappa shape index (κ3) is 10.2. The van der Waals surface area contributed by atoms with Gasteiger partial charge in [-0.05, 0) is 46.5 Å². The minimum atomic E-state index is -0.220. The summed E-state index contributed by atoms with van der Waals surface area (Å²) in [5.74, 6) is 0.325. The lowest BCUT2D eigenvalue weighted by Crippen LogP contribution is -2.67. The first kappa shape index (κ1) is 30.9. The van der Waals surface area contributed by atoms with Gasteiger partial charge in [-0.15, -0.1) is 0 Å². The highest BCUT2D eigenvalue weighted by Gasteiger charge is 2.53. The average molecular weight is 468 g/mol. The minimum absolute atomic E-state index is 0.198. The molecule has 1 heterocycles. The highest BCUT2D eigenvalue weighted by molar-refractivity contribution is 5.03. The van der Waals surface area contributed by atoms with Crippen molar-refractivity contribution in [3.8, 4) is 0 Å². The van der Waals surface area contributed by atoms with Crippen LogP contribution in [-0.2, 0) is 4.74 Å². The SMILES string of the molecule is CCCCCCCCCCCCCCCCC(C)OC1CC(C)(CC)N(O)C(C)(CC)C1C. The molecule has 0 aromatic heterocycles. The second-order valence-electron chi connectivity index (χ2n) is 11.7. The molecule has 1 N–H and O–H groups in total. The van der Waals surface area contributed by atoms with Crippen molar-refractivity contribution in [3.63, 3.8) is 0 Å². The molecule has 33 heavy (non-hydrogen) atoms. The molecular formula is C30H61NO2. The van der Waals surface area contributed by atoms with E-state index in [4.69, 9.17) is 4.74 Å². The van der Waals surface area contributed by atoms with Crippen molar-refractivity contribution in [2.45, 2.75) is 187 Å². The second-order valence-corrected chi connectivity index (χ2v) is 11.7. The fourth-order valence-corrected chi connectivity index (χ4v) is 5.83. The van der Waals surface area contributed by atoms with Gasteiger partial charge in [0.2, 0.25) is 0 Å². The lowest BCUT2D eigenvalue weighted by molar-refractivity contribution is -0.294. The summed E-state index contributed by atoms with van der Waals surface area (Å²) in [5.41, 5.74) is -0.418. The van der Waals surface area contributed by atoms with Crippen molar-refractivity contribution in [2.75, 3.05) is 0 Å². The van der Waals surface area contributed by atoms with Crippen LogP contribution >= 0.6 is 0 Å². The molecule has 0 amide bonds. The van der Waals surface area contributed by atoms with Gasteiger partial charge >= 0.3 is 0 Å². The van der Waals surface area contributed by atoms with Crippen molar-refractivity contribution < 1.29 is 9.94 Å². The molecule has 5 unspecified atom stereocenters. The predicted molar refractivity (Wildman–Crippen MR) is 144 cm³/mol. The van der Waals surface area contributed by atoms with E-state index in [1.165, 1.54) is 89.9 Å². The van der Waals surface area contributed by atoms with Crippen LogP contribution in [0.4, 0.5) is 0 Å². The van der Waals surface area contributed by atoms with Crippen LogP contribution in [0.5, 0.6) is 0 Å². The van der Waals surface area contributed by atoms with Crippen molar-refractivity contribution in [3.05, 3.63) is 0 Å². The van der Waals surface area contributed by atoms with Crippen LogP contribution < -0.4 is 0 Å². The molecule has 0 radical (unpaired) electrons. The lowest BCUT2D eigenvalue weighted by Gasteiger charge is -2.57. The van der Waals surface area contributed by atoms with Crippen LogP contribution in [0.1, 0.15) is 164 Å². The minimum Gasteiger partial charge on any atom is -0.375 e. The highest BCUT2D eigenvalue weighted by Crippen LogP contribution is 2.45. The Balaban J connectivity index is 2.15. The highest BCUT2D eigenvalue weighted by atomic mass is 16.5. The molecule has 0 aliphatic carbocycles. The Labute approximate surface area is 208 Å². The molecule has 1 fully saturated rings. The Morgan fingerprint density at radius 2 is 1.24 bits per heavy atom. The summed E-state index contributed by atoms with van der Waals surface area (Å²) in [5, 5.41) is 12.7. The zero-order chi connectivity index (χ0) is 24.7. The number of piperidine rings is 1. The Kier molecular flexibility index (Phi) is 15.5.